The molecule has 0 saturated carbocycles. The van der Waals surface area contributed by atoms with Gasteiger partial charge in [-0.1, -0.05) is 17.7 Å². The van der Waals surface area contributed by atoms with E-state index in [0.717, 1.165) is 0 Å². The summed E-state index contributed by atoms with van der Waals surface area (Å²) >= 11 is 6.15. The van der Waals surface area contributed by atoms with E-state index in [4.69, 9.17) is 22.1 Å². The Morgan fingerprint density at radius 3 is 2.75 bits per heavy atom. The van der Waals surface area contributed by atoms with Crippen molar-refractivity contribution < 1.29 is 9.53 Å². The predicted octanol–water partition coefficient (Wildman–Crippen LogP) is 2.40. The summed E-state index contributed by atoms with van der Waals surface area (Å²) in [6.45, 7) is 1.80. The normalized spacial score (nSPS) is 10.6. The van der Waals surface area contributed by atoms with Crippen LogP contribution in [0.1, 0.15) is 21.7 Å². The van der Waals surface area contributed by atoms with Crippen LogP contribution < -0.4 is 10.5 Å². The number of rotatable bonds is 4. The molecule has 2 N–H and O–H groups in total. The SMILES string of the molecule is COc1cccc(C(=O)Cc2c(Cl)c(C)nn2C)c1N. The average Bonchev–Trinajstić information content (AvgIpc) is 2.65. The highest BCUT2D eigenvalue weighted by atomic mass is 35.5. The number of aryl methyl sites for hydroxylation is 2. The Morgan fingerprint density at radius 2 is 2.20 bits per heavy atom. The van der Waals surface area contributed by atoms with Gasteiger partial charge < -0.3 is 10.5 Å². The number of ketones is 1. The summed E-state index contributed by atoms with van der Waals surface area (Å²) in [6.07, 6.45) is 0.146. The number of hydrogen-bond acceptors (Lipinski definition) is 4. The van der Waals surface area contributed by atoms with Gasteiger partial charge in [0.2, 0.25) is 0 Å². The number of benzene rings is 1. The van der Waals surface area contributed by atoms with E-state index >= 15 is 0 Å². The van der Waals surface area contributed by atoms with Crippen molar-refractivity contribution in [2.45, 2.75) is 13.3 Å². The third-order valence-electron chi connectivity index (χ3n) is 3.18. The number of ether oxygens (including phenoxy) is 1. The maximum Gasteiger partial charge on any atom is 0.171 e. The maximum absolute atomic E-state index is 12.4. The van der Waals surface area contributed by atoms with Crippen LogP contribution >= 0.6 is 11.6 Å². The van der Waals surface area contributed by atoms with E-state index in [1.54, 1.807) is 36.9 Å². The van der Waals surface area contributed by atoms with Crippen LogP contribution in [0.4, 0.5) is 5.69 Å². The Bertz CT molecular complexity index is 665. The second-order valence-corrected chi connectivity index (χ2v) is 4.87. The first-order valence-corrected chi connectivity index (χ1v) is 6.47. The fourth-order valence-electron chi connectivity index (χ4n) is 2.08. The van der Waals surface area contributed by atoms with Crippen LogP contribution in [0.25, 0.3) is 0 Å². The number of hydrogen-bond donors (Lipinski definition) is 1. The molecule has 20 heavy (non-hydrogen) atoms. The molecular weight excluding hydrogens is 278 g/mol. The summed E-state index contributed by atoms with van der Waals surface area (Å²) in [5.41, 5.74) is 8.08. The number of carbonyl (C=O) groups is 1. The lowest BCUT2D eigenvalue weighted by Gasteiger charge is -2.09. The van der Waals surface area contributed by atoms with E-state index in [2.05, 4.69) is 5.10 Å². The van der Waals surface area contributed by atoms with E-state index in [9.17, 15) is 4.79 Å². The molecule has 0 bridgehead atoms. The number of Topliss-reactive ketones (excluding diaryl/α,β-unsaturated/α-hetero) is 1. The molecule has 1 heterocycles. The van der Waals surface area contributed by atoms with Gasteiger partial charge >= 0.3 is 0 Å². The van der Waals surface area contributed by atoms with E-state index in [1.807, 2.05) is 0 Å². The number of methoxy groups -OCH3 is 1. The number of para-hydroxylation sites is 1. The zero-order valence-corrected chi connectivity index (χ0v) is 12.4. The van der Waals surface area contributed by atoms with Crippen molar-refractivity contribution in [2.75, 3.05) is 12.8 Å². The fourth-order valence-corrected chi connectivity index (χ4v) is 2.31. The number of halogens is 1. The number of aromatic nitrogens is 2. The van der Waals surface area contributed by atoms with Gasteiger partial charge in [0.05, 0.1) is 35.6 Å². The summed E-state index contributed by atoms with van der Waals surface area (Å²) in [6, 6.07) is 5.13. The second-order valence-electron chi connectivity index (χ2n) is 4.49. The van der Waals surface area contributed by atoms with Gasteiger partial charge in [0, 0.05) is 12.6 Å². The van der Waals surface area contributed by atoms with Gasteiger partial charge in [-0.15, -0.1) is 0 Å². The van der Waals surface area contributed by atoms with E-state index in [1.165, 1.54) is 7.11 Å². The molecule has 6 heteroatoms. The van der Waals surface area contributed by atoms with Crippen molar-refractivity contribution in [2.24, 2.45) is 7.05 Å². The van der Waals surface area contributed by atoms with Crippen molar-refractivity contribution in [1.29, 1.82) is 0 Å². The largest absolute Gasteiger partial charge is 0.495 e. The topological polar surface area (TPSA) is 70.1 Å². The number of nitrogens with zero attached hydrogens (tertiary/aromatic N) is 2. The lowest BCUT2D eigenvalue weighted by Crippen LogP contribution is -2.11. The van der Waals surface area contributed by atoms with Crippen LogP contribution in [0.2, 0.25) is 5.02 Å². The molecule has 0 aliphatic carbocycles. The molecule has 1 aromatic carbocycles. The number of anilines is 1. The van der Waals surface area contributed by atoms with Gasteiger partial charge in [0.25, 0.3) is 0 Å². The Labute approximate surface area is 122 Å². The molecule has 0 amide bonds. The van der Waals surface area contributed by atoms with Gasteiger partial charge in [0.15, 0.2) is 5.78 Å². The molecule has 0 aliphatic heterocycles. The van der Waals surface area contributed by atoms with Crippen LogP contribution in [0, 0.1) is 6.92 Å². The highest BCUT2D eigenvalue weighted by Crippen LogP contribution is 2.27. The van der Waals surface area contributed by atoms with Gasteiger partial charge in [-0.05, 0) is 19.1 Å². The Kier molecular flexibility index (Phi) is 3.99. The molecule has 5 nitrogen and oxygen atoms in total. The molecule has 106 valence electrons. The maximum atomic E-state index is 12.4. The first kappa shape index (κ1) is 14.4. The van der Waals surface area contributed by atoms with E-state index in [-0.39, 0.29) is 12.2 Å². The van der Waals surface area contributed by atoms with Crippen LogP contribution in [0.15, 0.2) is 18.2 Å². The van der Waals surface area contributed by atoms with Crippen LogP contribution in [-0.4, -0.2) is 22.7 Å². The Balaban J connectivity index is 2.33. The first-order chi connectivity index (χ1) is 9.45. The zero-order chi connectivity index (χ0) is 14.9. The highest BCUT2D eigenvalue weighted by Gasteiger charge is 2.18. The van der Waals surface area contributed by atoms with Gasteiger partial charge in [-0.2, -0.15) is 5.10 Å². The van der Waals surface area contributed by atoms with Crippen LogP contribution in [0.3, 0.4) is 0 Å². The van der Waals surface area contributed by atoms with Crippen molar-refractivity contribution in [3.05, 3.63) is 40.2 Å². The fraction of sp³-hybridized carbons (Fsp3) is 0.286. The summed E-state index contributed by atoms with van der Waals surface area (Å²) in [4.78, 5) is 12.4. The van der Waals surface area contributed by atoms with Gasteiger partial charge in [-0.3, -0.25) is 9.48 Å². The Hall–Kier alpha value is -2.01. The summed E-state index contributed by atoms with van der Waals surface area (Å²) in [5, 5.41) is 4.71. The lowest BCUT2D eigenvalue weighted by atomic mass is 10.0. The smallest absolute Gasteiger partial charge is 0.171 e. The molecule has 2 rings (SSSR count). The van der Waals surface area contributed by atoms with Crippen molar-refractivity contribution >= 4 is 23.1 Å². The summed E-state index contributed by atoms with van der Waals surface area (Å²) < 4.78 is 6.73. The average molecular weight is 294 g/mol. The third kappa shape index (κ3) is 2.49. The Morgan fingerprint density at radius 1 is 1.50 bits per heavy atom. The molecule has 2 aromatic rings. The van der Waals surface area contributed by atoms with Crippen molar-refractivity contribution in [1.82, 2.24) is 9.78 Å². The number of nitrogen functional groups attached to an aromatic ring is 1. The summed E-state index contributed by atoms with van der Waals surface area (Å²) in [5.74, 6) is 0.370. The minimum absolute atomic E-state index is 0.119. The van der Waals surface area contributed by atoms with Crippen LogP contribution in [0.5, 0.6) is 5.75 Å². The quantitative estimate of drug-likeness (QED) is 0.694. The predicted molar refractivity (Wildman–Crippen MR) is 78.4 cm³/mol. The van der Waals surface area contributed by atoms with E-state index < -0.39 is 0 Å². The van der Waals surface area contributed by atoms with E-state index in [0.29, 0.717) is 33.4 Å². The van der Waals surface area contributed by atoms with Crippen molar-refractivity contribution in [3.8, 4) is 5.75 Å². The number of carbonyl (C=O) groups excluding carboxylic acids is 1. The minimum atomic E-state index is -0.119. The molecule has 0 fully saturated rings. The lowest BCUT2D eigenvalue weighted by molar-refractivity contribution is 0.0991. The molecular formula is C14H16ClN3O2. The van der Waals surface area contributed by atoms with Gasteiger partial charge in [0.1, 0.15) is 5.75 Å². The standard InChI is InChI=1S/C14H16ClN3O2/c1-8-13(15)10(18(2)17-8)7-11(19)9-5-4-6-12(20-3)14(9)16/h4-6H,7,16H2,1-3H3. The van der Waals surface area contributed by atoms with Gasteiger partial charge in [-0.25, -0.2) is 0 Å². The molecule has 0 unspecified atom stereocenters. The van der Waals surface area contributed by atoms with Crippen molar-refractivity contribution in [3.63, 3.8) is 0 Å². The number of nitrogens with two attached hydrogens (primary N) is 1. The first-order valence-electron chi connectivity index (χ1n) is 6.09. The van der Waals surface area contributed by atoms with Crippen LogP contribution in [-0.2, 0) is 13.5 Å². The second kappa shape index (κ2) is 5.54. The highest BCUT2D eigenvalue weighted by molar-refractivity contribution is 6.32. The molecule has 0 atom stereocenters. The molecule has 0 spiro atoms. The third-order valence-corrected chi connectivity index (χ3v) is 3.67. The zero-order valence-electron chi connectivity index (χ0n) is 11.6. The molecule has 1 aromatic heterocycles. The molecule has 0 aliphatic rings. The molecule has 0 saturated heterocycles. The monoisotopic (exact) mass is 293 g/mol. The molecule has 0 radical (unpaired) electrons. The summed E-state index contributed by atoms with van der Waals surface area (Å²) in [7, 11) is 3.28. The minimum Gasteiger partial charge on any atom is -0.495 e.